The zero-order valence-electron chi connectivity index (χ0n) is 9.31. The summed E-state index contributed by atoms with van der Waals surface area (Å²) in [5.74, 6) is 1.04. The highest BCUT2D eigenvalue weighted by atomic mass is 16.5. The number of ether oxygens (including phenoxy) is 1. The van der Waals surface area contributed by atoms with Gasteiger partial charge < -0.3 is 21.0 Å². The number of oxime groups is 1. The van der Waals surface area contributed by atoms with Crippen LogP contribution in [0.2, 0.25) is 0 Å². The molecule has 0 aliphatic carbocycles. The van der Waals surface area contributed by atoms with Gasteiger partial charge in [0.25, 0.3) is 0 Å². The Morgan fingerprint density at radius 3 is 3.06 bits per heavy atom. The van der Waals surface area contributed by atoms with Crippen LogP contribution >= 0.6 is 0 Å². The van der Waals surface area contributed by atoms with Gasteiger partial charge in [-0.05, 0) is 30.7 Å². The smallest absolute Gasteiger partial charge is 0.153 e. The Labute approximate surface area is 94.9 Å². The van der Waals surface area contributed by atoms with Crippen LogP contribution in [0.5, 0.6) is 5.75 Å². The average molecular weight is 223 g/mol. The summed E-state index contributed by atoms with van der Waals surface area (Å²) < 4.78 is 5.12. The Morgan fingerprint density at radius 2 is 2.38 bits per heavy atom. The van der Waals surface area contributed by atoms with E-state index in [1.165, 1.54) is 5.56 Å². The van der Waals surface area contributed by atoms with Gasteiger partial charge in [0.1, 0.15) is 5.75 Å². The van der Waals surface area contributed by atoms with Gasteiger partial charge in [0, 0.05) is 0 Å². The number of rotatable bonds is 6. The lowest BCUT2D eigenvalue weighted by molar-refractivity contribution is 0.317. The van der Waals surface area contributed by atoms with Crippen molar-refractivity contribution in [1.82, 2.24) is 5.32 Å². The molecule has 5 heteroatoms. The maximum atomic E-state index is 8.33. The fourth-order valence-corrected chi connectivity index (χ4v) is 1.31. The number of nitrogens with zero attached hydrogens (tertiary/aromatic N) is 1. The molecule has 0 fully saturated rings. The highest BCUT2D eigenvalue weighted by Crippen LogP contribution is 2.12. The summed E-state index contributed by atoms with van der Waals surface area (Å²) in [6.45, 7) is 1.16. The molecule has 0 bridgehead atoms. The first-order chi connectivity index (χ1) is 7.76. The van der Waals surface area contributed by atoms with Crippen LogP contribution in [0.4, 0.5) is 0 Å². The van der Waals surface area contributed by atoms with E-state index in [2.05, 4.69) is 10.5 Å². The van der Waals surface area contributed by atoms with Crippen LogP contribution in [-0.4, -0.2) is 31.2 Å². The first-order valence-corrected chi connectivity index (χ1v) is 5.06. The predicted octanol–water partition coefficient (Wildman–Crippen LogP) is 0.574. The summed E-state index contributed by atoms with van der Waals surface area (Å²) in [7, 11) is 1.65. The third-order valence-electron chi connectivity index (χ3n) is 2.16. The van der Waals surface area contributed by atoms with Crippen molar-refractivity contribution in [2.75, 3.05) is 20.2 Å². The number of hydrogen-bond acceptors (Lipinski definition) is 4. The van der Waals surface area contributed by atoms with Gasteiger partial charge in [-0.3, -0.25) is 0 Å². The topological polar surface area (TPSA) is 79.9 Å². The molecule has 0 saturated heterocycles. The molecule has 1 aromatic rings. The van der Waals surface area contributed by atoms with Gasteiger partial charge >= 0.3 is 0 Å². The zero-order valence-corrected chi connectivity index (χ0v) is 9.31. The van der Waals surface area contributed by atoms with Crippen LogP contribution < -0.4 is 15.8 Å². The lowest BCUT2D eigenvalue weighted by Crippen LogP contribution is -2.30. The molecule has 0 saturated carbocycles. The minimum absolute atomic E-state index is 0.186. The molecule has 4 N–H and O–H groups in total. The van der Waals surface area contributed by atoms with Crippen molar-refractivity contribution in [2.24, 2.45) is 10.9 Å². The lowest BCUT2D eigenvalue weighted by Gasteiger charge is -2.05. The van der Waals surface area contributed by atoms with Gasteiger partial charge in [-0.1, -0.05) is 17.3 Å². The predicted molar refractivity (Wildman–Crippen MR) is 63.0 cm³/mol. The number of methoxy groups -OCH3 is 1. The van der Waals surface area contributed by atoms with Crippen molar-refractivity contribution < 1.29 is 9.94 Å². The summed E-state index contributed by atoms with van der Waals surface area (Å²) >= 11 is 0. The molecule has 0 aliphatic heterocycles. The monoisotopic (exact) mass is 223 g/mol. The van der Waals surface area contributed by atoms with Gasteiger partial charge in [0.05, 0.1) is 13.7 Å². The molecule has 16 heavy (non-hydrogen) atoms. The number of nitrogens with one attached hydrogen (secondary N) is 1. The lowest BCUT2D eigenvalue weighted by atomic mass is 10.1. The van der Waals surface area contributed by atoms with Gasteiger partial charge in [0.2, 0.25) is 0 Å². The standard InChI is InChI=1S/C11H17N3O2/c1-16-10-4-2-3-9(7-10)5-6-13-8-11(12)14-15/h2-4,7,13,15H,5-6,8H2,1H3,(H2,12,14). The van der Waals surface area contributed by atoms with E-state index in [-0.39, 0.29) is 5.84 Å². The second-order valence-corrected chi connectivity index (χ2v) is 3.37. The quantitative estimate of drug-likeness (QED) is 0.217. The Balaban J connectivity index is 2.31. The molecule has 0 atom stereocenters. The molecule has 0 aromatic heterocycles. The number of nitrogens with two attached hydrogens (primary N) is 1. The SMILES string of the molecule is COc1cccc(CCNC/C(N)=N/O)c1. The van der Waals surface area contributed by atoms with Crippen LogP contribution in [0.15, 0.2) is 29.4 Å². The Kier molecular flexibility index (Phi) is 5.15. The van der Waals surface area contributed by atoms with Crippen molar-refractivity contribution in [1.29, 1.82) is 0 Å². The number of benzene rings is 1. The van der Waals surface area contributed by atoms with Crippen LogP contribution in [0.1, 0.15) is 5.56 Å². The largest absolute Gasteiger partial charge is 0.497 e. The van der Waals surface area contributed by atoms with E-state index in [0.717, 1.165) is 18.7 Å². The van der Waals surface area contributed by atoms with E-state index >= 15 is 0 Å². The van der Waals surface area contributed by atoms with Crippen molar-refractivity contribution in [3.05, 3.63) is 29.8 Å². The van der Waals surface area contributed by atoms with Crippen LogP contribution in [0.25, 0.3) is 0 Å². The molecule has 0 spiro atoms. The van der Waals surface area contributed by atoms with Crippen molar-refractivity contribution in [2.45, 2.75) is 6.42 Å². The van der Waals surface area contributed by atoms with Gasteiger partial charge in [-0.15, -0.1) is 0 Å². The molecule has 0 heterocycles. The summed E-state index contributed by atoms with van der Waals surface area (Å²) in [4.78, 5) is 0. The minimum Gasteiger partial charge on any atom is -0.497 e. The second-order valence-electron chi connectivity index (χ2n) is 3.37. The minimum atomic E-state index is 0.186. The Morgan fingerprint density at radius 1 is 1.56 bits per heavy atom. The van der Waals surface area contributed by atoms with E-state index in [9.17, 15) is 0 Å². The van der Waals surface area contributed by atoms with E-state index in [1.54, 1.807) is 7.11 Å². The van der Waals surface area contributed by atoms with E-state index < -0.39 is 0 Å². The van der Waals surface area contributed by atoms with E-state index in [4.69, 9.17) is 15.7 Å². The average Bonchev–Trinajstić information content (AvgIpc) is 2.34. The molecule has 0 unspecified atom stereocenters. The fourth-order valence-electron chi connectivity index (χ4n) is 1.31. The first kappa shape index (κ1) is 12.3. The third kappa shape index (κ3) is 4.18. The summed E-state index contributed by atoms with van der Waals surface area (Å²) in [5.41, 5.74) is 6.50. The highest BCUT2D eigenvalue weighted by molar-refractivity contribution is 5.81. The van der Waals surface area contributed by atoms with Gasteiger partial charge in [0.15, 0.2) is 5.84 Å². The fraction of sp³-hybridized carbons (Fsp3) is 0.364. The molecular formula is C11H17N3O2. The van der Waals surface area contributed by atoms with E-state index in [1.807, 2.05) is 24.3 Å². The molecule has 0 amide bonds. The summed E-state index contributed by atoms with van der Waals surface area (Å²) in [6.07, 6.45) is 0.871. The van der Waals surface area contributed by atoms with Gasteiger partial charge in [-0.2, -0.15) is 0 Å². The second kappa shape index (κ2) is 6.68. The van der Waals surface area contributed by atoms with Crippen LogP contribution in [0.3, 0.4) is 0 Å². The first-order valence-electron chi connectivity index (χ1n) is 5.06. The molecule has 1 aromatic carbocycles. The van der Waals surface area contributed by atoms with Crippen molar-refractivity contribution in [3.8, 4) is 5.75 Å². The van der Waals surface area contributed by atoms with Crippen LogP contribution in [-0.2, 0) is 6.42 Å². The molecule has 0 aliphatic rings. The maximum Gasteiger partial charge on any atom is 0.153 e. The number of amidine groups is 1. The zero-order chi connectivity index (χ0) is 11.8. The summed E-state index contributed by atoms with van der Waals surface area (Å²) in [5, 5.41) is 14.3. The summed E-state index contributed by atoms with van der Waals surface area (Å²) in [6, 6.07) is 7.89. The Bertz CT molecular complexity index is 353. The molecular weight excluding hydrogens is 206 g/mol. The normalized spacial score (nSPS) is 11.4. The third-order valence-corrected chi connectivity index (χ3v) is 2.16. The van der Waals surface area contributed by atoms with E-state index in [0.29, 0.717) is 6.54 Å². The molecule has 88 valence electrons. The maximum absolute atomic E-state index is 8.33. The van der Waals surface area contributed by atoms with Crippen molar-refractivity contribution in [3.63, 3.8) is 0 Å². The van der Waals surface area contributed by atoms with Crippen molar-refractivity contribution >= 4 is 5.84 Å². The molecule has 1 rings (SSSR count). The van der Waals surface area contributed by atoms with Gasteiger partial charge in [-0.25, -0.2) is 0 Å². The van der Waals surface area contributed by atoms with Crippen LogP contribution in [0, 0.1) is 0 Å². The molecule has 5 nitrogen and oxygen atoms in total. The highest BCUT2D eigenvalue weighted by Gasteiger charge is 1.96. The Hall–Kier alpha value is -1.75. The molecule has 0 radical (unpaired) electrons. The number of hydrogen-bond donors (Lipinski definition) is 3.